The second-order valence-corrected chi connectivity index (χ2v) is 4.32. The molecule has 18 heavy (non-hydrogen) atoms. The van der Waals surface area contributed by atoms with Gasteiger partial charge < -0.3 is 5.11 Å². The Labute approximate surface area is 103 Å². The minimum atomic E-state index is -0.947. The topological polar surface area (TPSA) is 87.6 Å². The van der Waals surface area contributed by atoms with E-state index in [-0.39, 0.29) is 30.1 Å². The van der Waals surface area contributed by atoms with E-state index in [9.17, 15) is 14.4 Å². The van der Waals surface area contributed by atoms with Gasteiger partial charge in [-0.15, -0.1) is 0 Å². The number of aromatic nitrogens is 1. The van der Waals surface area contributed by atoms with Crippen LogP contribution in [0.3, 0.4) is 0 Å². The molecular formula is C12H12N2O4. The van der Waals surface area contributed by atoms with Gasteiger partial charge in [0.05, 0.1) is 5.56 Å². The molecule has 0 fully saturated rings. The average molecular weight is 248 g/mol. The number of carbonyl (C=O) groups is 3. The zero-order valence-corrected chi connectivity index (χ0v) is 9.79. The van der Waals surface area contributed by atoms with Crippen molar-refractivity contribution < 1.29 is 19.5 Å². The second kappa shape index (κ2) is 4.56. The molecule has 2 amide bonds. The van der Waals surface area contributed by atoms with Crippen molar-refractivity contribution in [3.8, 4) is 0 Å². The van der Waals surface area contributed by atoms with Crippen molar-refractivity contribution >= 4 is 17.8 Å². The van der Waals surface area contributed by atoms with Crippen LogP contribution in [0.1, 0.15) is 34.2 Å². The molecular weight excluding hydrogens is 236 g/mol. The van der Waals surface area contributed by atoms with Gasteiger partial charge in [-0.25, -0.2) is 0 Å². The molecule has 0 spiro atoms. The van der Waals surface area contributed by atoms with Crippen LogP contribution in [-0.4, -0.2) is 39.3 Å². The summed E-state index contributed by atoms with van der Waals surface area (Å²) >= 11 is 0. The summed E-state index contributed by atoms with van der Waals surface area (Å²) in [6.45, 7) is 1.78. The van der Waals surface area contributed by atoms with Gasteiger partial charge in [0.1, 0.15) is 5.69 Å². The van der Waals surface area contributed by atoms with Crippen LogP contribution in [-0.2, 0) is 4.79 Å². The number of hydrogen-bond donors (Lipinski definition) is 1. The lowest BCUT2D eigenvalue weighted by Crippen LogP contribution is -2.34. The molecule has 0 saturated heterocycles. The molecule has 1 unspecified atom stereocenters. The fraction of sp³-hybridized carbons (Fsp3) is 0.333. The summed E-state index contributed by atoms with van der Waals surface area (Å²) in [6.07, 6.45) is 1.37. The van der Waals surface area contributed by atoms with Gasteiger partial charge in [-0.2, -0.15) is 0 Å². The van der Waals surface area contributed by atoms with Gasteiger partial charge in [-0.1, -0.05) is 6.92 Å². The van der Waals surface area contributed by atoms with Crippen LogP contribution in [0.15, 0.2) is 18.3 Å². The summed E-state index contributed by atoms with van der Waals surface area (Å²) in [5.41, 5.74) is 0.426. The maximum Gasteiger partial charge on any atom is 0.303 e. The monoisotopic (exact) mass is 248 g/mol. The summed E-state index contributed by atoms with van der Waals surface area (Å²) in [4.78, 5) is 39.4. The van der Waals surface area contributed by atoms with Crippen molar-refractivity contribution in [2.24, 2.45) is 5.92 Å². The van der Waals surface area contributed by atoms with Gasteiger partial charge in [-0.05, 0) is 18.1 Å². The van der Waals surface area contributed by atoms with Gasteiger partial charge in [0, 0.05) is 19.2 Å². The maximum atomic E-state index is 11.9. The fourth-order valence-electron chi connectivity index (χ4n) is 1.95. The van der Waals surface area contributed by atoms with Crippen molar-refractivity contribution in [1.29, 1.82) is 0 Å². The van der Waals surface area contributed by atoms with E-state index in [1.54, 1.807) is 19.1 Å². The average Bonchev–Trinajstić information content (AvgIpc) is 2.54. The zero-order valence-electron chi connectivity index (χ0n) is 9.79. The minimum Gasteiger partial charge on any atom is -0.481 e. The van der Waals surface area contributed by atoms with Crippen LogP contribution in [0.4, 0.5) is 0 Å². The van der Waals surface area contributed by atoms with Crippen LogP contribution in [0.25, 0.3) is 0 Å². The number of amides is 2. The predicted octanol–water partition coefficient (Wildman–Crippen LogP) is 0.788. The van der Waals surface area contributed by atoms with Gasteiger partial charge in [-0.3, -0.25) is 24.3 Å². The summed E-state index contributed by atoms with van der Waals surface area (Å²) < 4.78 is 0. The van der Waals surface area contributed by atoms with Crippen LogP contribution >= 0.6 is 0 Å². The molecule has 1 aliphatic rings. The first-order valence-corrected chi connectivity index (χ1v) is 5.53. The number of carboxylic acid groups (broad SMARTS) is 1. The molecule has 0 aromatic carbocycles. The maximum absolute atomic E-state index is 11.9. The Morgan fingerprint density at radius 2 is 2.17 bits per heavy atom. The van der Waals surface area contributed by atoms with Crippen LogP contribution in [0.2, 0.25) is 0 Å². The van der Waals surface area contributed by atoms with Crippen molar-refractivity contribution in [3.63, 3.8) is 0 Å². The number of aliphatic carboxylic acids is 1. The van der Waals surface area contributed by atoms with E-state index in [1.165, 1.54) is 6.20 Å². The highest BCUT2D eigenvalue weighted by Crippen LogP contribution is 2.21. The van der Waals surface area contributed by atoms with Gasteiger partial charge >= 0.3 is 5.97 Å². The number of carboxylic acids is 1. The molecule has 0 saturated carbocycles. The summed E-state index contributed by atoms with van der Waals surface area (Å²) in [5, 5.41) is 8.66. The lowest BCUT2D eigenvalue weighted by atomic mass is 10.1. The number of pyridine rings is 1. The Kier molecular flexibility index (Phi) is 3.10. The summed E-state index contributed by atoms with van der Waals surface area (Å²) in [6, 6.07) is 3.14. The van der Waals surface area contributed by atoms with Crippen molar-refractivity contribution in [2.75, 3.05) is 6.54 Å². The third-order valence-corrected chi connectivity index (χ3v) is 2.75. The number of nitrogens with zero attached hydrogens (tertiary/aromatic N) is 2. The van der Waals surface area contributed by atoms with Crippen LogP contribution in [0, 0.1) is 5.92 Å². The number of carbonyl (C=O) groups excluding carboxylic acids is 2. The summed E-state index contributed by atoms with van der Waals surface area (Å²) in [5.74, 6) is -2.09. The minimum absolute atomic E-state index is 0.0825. The largest absolute Gasteiger partial charge is 0.481 e. The molecule has 2 rings (SSSR count). The Bertz CT molecular complexity index is 492. The second-order valence-electron chi connectivity index (χ2n) is 4.32. The predicted molar refractivity (Wildman–Crippen MR) is 61.0 cm³/mol. The van der Waals surface area contributed by atoms with E-state index < -0.39 is 17.8 Å². The SMILES string of the molecule is CC(CC(=O)O)CN1C(=O)c2cccnc2C1=O. The number of imide groups is 1. The highest BCUT2D eigenvalue weighted by Gasteiger charge is 2.37. The Balaban J connectivity index is 2.16. The lowest BCUT2D eigenvalue weighted by Gasteiger charge is -2.17. The standard InChI is InChI=1S/C12H12N2O4/c1-7(5-9(15)16)6-14-11(17)8-3-2-4-13-10(8)12(14)18/h2-4,7H,5-6H2,1H3,(H,15,16). The molecule has 1 aromatic heterocycles. The zero-order chi connectivity index (χ0) is 13.3. The molecule has 6 heteroatoms. The van der Waals surface area contributed by atoms with Crippen molar-refractivity contribution in [2.45, 2.75) is 13.3 Å². The lowest BCUT2D eigenvalue weighted by molar-refractivity contribution is -0.138. The van der Waals surface area contributed by atoms with Crippen molar-refractivity contribution in [3.05, 3.63) is 29.6 Å². The van der Waals surface area contributed by atoms with Crippen LogP contribution in [0.5, 0.6) is 0 Å². The van der Waals surface area contributed by atoms with E-state index in [1.807, 2.05) is 0 Å². The molecule has 0 aliphatic carbocycles. The van der Waals surface area contributed by atoms with Gasteiger partial charge in [0.15, 0.2) is 0 Å². The molecule has 94 valence electrons. The summed E-state index contributed by atoms with van der Waals surface area (Å²) in [7, 11) is 0. The van der Waals surface area contributed by atoms with E-state index in [4.69, 9.17) is 5.11 Å². The molecule has 1 aliphatic heterocycles. The molecule has 1 aromatic rings. The highest BCUT2D eigenvalue weighted by atomic mass is 16.4. The Morgan fingerprint density at radius 1 is 1.44 bits per heavy atom. The fourth-order valence-corrected chi connectivity index (χ4v) is 1.95. The van der Waals surface area contributed by atoms with Gasteiger partial charge in [0.25, 0.3) is 11.8 Å². The number of fused-ring (bicyclic) bond motifs is 1. The molecule has 0 radical (unpaired) electrons. The van der Waals surface area contributed by atoms with E-state index >= 15 is 0 Å². The van der Waals surface area contributed by atoms with Gasteiger partial charge in [0.2, 0.25) is 0 Å². The van der Waals surface area contributed by atoms with Crippen molar-refractivity contribution in [1.82, 2.24) is 9.88 Å². The molecule has 2 heterocycles. The quantitative estimate of drug-likeness (QED) is 0.796. The molecule has 1 atom stereocenters. The third-order valence-electron chi connectivity index (χ3n) is 2.75. The first kappa shape index (κ1) is 12.2. The van der Waals surface area contributed by atoms with E-state index in [2.05, 4.69) is 4.98 Å². The molecule has 1 N–H and O–H groups in total. The Morgan fingerprint density at radius 3 is 2.78 bits per heavy atom. The number of hydrogen-bond acceptors (Lipinski definition) is 4. The smallest absolute Gasteiger partial charge is 0.303 e. The normalized spacial score (nSPS) is 15.7. The molecule has 0 bridgehead atoms. The van der Waals surface area contributed by atoms with E-state index in [0.29, 0.717) is 0 Å². The first-order chi connectivity index (χ1) is 8.50. The highest BCUT2D eigenvalue weighted by molar-refractivity contribution is 6.20. The molecule has 6 nitrogen and oxygen atoms in total. The third kappa shape index (κ3) is 2.09. The number of rotatable bonds is 4. The Hall–Kier alpha value is -2.24. The first-order valence-electron chi connectivity index (χ1n) is 5.53. The van der Waals surface area contributed by atoms with Crippen LogP contribution < -0.4 is 0 Å². The van der Waals surface area contributed by atoms with E-state index in [0.717, 1.165) is 4.90 Å².